The Bertz CT molecular complexity index is 1370. The molecule has 0 aliphatic heterocycles. The first-order valence-electron chi connectivity index (χ1n) is 9.99. The van der Waals surface area contributed by atoms with Crippen molar-refractivity contribution >= 4 is 28.2 Å². The molecule has 0 unspecified atom stereocenters. The van der Waals surface area contributed by atoms with E-state index in [0.29, 0.717) is 18.0 Å². The molecule has 4 aromatic rings. The quantitative estimate of drug-likeness (QED) is 0.523. The third-order valence-electron chi connectivity index (χ3n) is 5.34. The Morgan fingerprint density at radius 2 is 2.10 bits per heavy atom. The number of aliphatic imine (C=N–C) groups is 1. The standard InChI is InChI=1S/C23H22N6O/c1-15-2-5-22-27-18(14-29(22)12-15)13-28-7-6-19-20(10-25-11-21(19)23(28)30)16(8-24)9-26-17-3-4-17/h2,5-12,14,17H,3-4,13,24H2,1H3. The highest BCUT2D eigenvalue weighted by molar-refractivity contribution is 6.14. The average molecular weight is 398 g/mol. The van der Waals surface area contributed by atoms with E-state index in [9.17, 15) is 4.79 Å². The van der Waals surface area contributed by atoms with Crippen molar-refractivity contribution in [1.29, 1.82) is 0 Å². The van der Waals surface area contributed by atoms with Gasteiger partial charge in [0.1, 0.15) is 5.65 Å². The normalized spacial score (nSPS) is 14.9. The lowest BCUT2D eigenvalue weighted by Gasteiger charge is -2.09. The number of imidazole rings is 1. The molecule has 1 saturated carbocycles. The molecule has 0 bridgehead atoms. The molecule has 2 N–H and O–H groups in total. The summed E-state index contributed by atoms with van der Waals surface area (Å²) in [7, 11) is 0. The minimum atomic E-state index is -0.106. The zero-order chi connectivity index (χ0) is 20.7. The van der Waals surface area contributed by atoms with E-state index in [1.54, 1.807) is 29.4 Å². The number of fused-ring (bicyclic) bond motifs is 2. The number of nitrogens with zero attached hydrogens (tertiary/aromatic N) is 5. The summed E-state index contributed by atoms with van der Waals surface area (Å²) in [4.78, 5) is 26.6. The van der Waals surface area contributed by atoms with Crippen molar-refractivity contribution < 1.29 is 0 Å². The molecule has 1 fully saturated rings. The fourth-order valence-corrected chi connectivity index (χ4v) is 3.58. The first kappa shape index (κ1) is 18.3. The molecule has 0 saturated heterocycles. The summed E-state index contributed by atoms with van der Waals surface area (Å²) in [5, 5.41) is 1.37. The number of hydrogen-bond donors (Lipinski definition) is 1. The molecule has 0 amide bonds. The highest BCUT2D eigenvalue weighted by Crippen LogP contribution is 2.25. The van der Waals surface area contributed by atoms with Crippen molar-refractivity contribution in [2.75, 3.05) is 0 Å². The van der Waals surface area contributed by atoms with E-state index in [0.717, 1.165) is 46.3 Å². The van der Waals surface area contributed by atoms with E-state index in [1.165, 1.54) is 6.20 Å². The Morgan fingerprint density at radius 3 is 2.90 bits per heavy atom. The molecule has 30 heavy (non-hydrogen) atoms. The lowest BCUT2D eigenvalue weighted by Crippen LogP contribution is -2.20. The molecule has 7 nitrogen and oxygen atoms in total. The SMILES string of the molecule is Cc1ccc2nc(Cn3ccc4c(C(C=NC5CC5)=CN)cncc4c3=O)cn2c1. The smallest absolute Gasteiger partial charge is 0.260 e. The maximum absolute atomic E-state index is 13.1. The topological polar surface area (TPSA) is 90.6 Å². The predicted octanol–water partition coefficient (Wildman–Crippen LogP) is 2.93. The molecule has 0 aromatic carbocycles. The summed E-state index contributed by atoms with van der Waals surface area (Å²) >= 11 is 0. The summed E-state index contributed by atoms with van der Waals surface area (Å²) in [5.74, 6) is 0. The van der Waals surface area contributed by atoms with E-state index in [4.69, 9.17) is 5.73 Å². The summed E-state index contributed by atoms with van der Waals surface area (Å²) < 4.78 is 3.64. The molecular formula is C23H22N6O. The first-order valence-corrected chi connectivity index (χ1v) is 9.99. The minimum Gasteiger partial charge on any atom is -0.404 e. The van der Waals surface area contributed by atoms with E-state index < -0.39 is 0 Å². The van der Waals surface area contributed by atoms with Crippen LogP contribution >= 0.6 is 0 Å². The van der Waals surface area contributed by atoms with E-state index in [-0.39, 0.29) is 5.56 Å². The Morgan fingerprint density at radius 1 is 1.23 bits per heavy atom. The van der Waals surface area contributed by atoms with E-state index in [1.807, 2.05) is 41.9 Å². The van der Waals surface area contributed by atoms with Gasteiger partial charge in [-0.1, -0.05) is 6.07 Å². The fourth-order valence-electron chi connectivity index (χ4n) is 3.58. The highest BCUT2D eigenvalue weighted by Gasteiger charge is 2.19. The van der Waals surface area contributed by atoms with Crippen LogP contribution in [0.15, 0.2) is 65.2 Å². The second-order valence-corrected chi connectivity index (χ2v) is 7.73. The van der Waals surface area contributed by atoms with Crippen LogP contribution in [-0.2, 0) is 6.54 Å². The predicted molar refractivity (Wildman–Crippen MR) is 119 cm³/mol. The molecule has 5 rings (SSSR count). The van der Waals surface area contributed by atoms with E-state index in [2.05, 4.69) is 15.0 Å². The Hall–Kier alpha value is -3.74. The second kappa shape index (κ2) is 7.26. The molecule has 4 heterocycles. The number of rotatable bonds is 5. The highest BCUT2D eigenvalue weighted by atomic mass is 16.1. The van der Waals surface area contributed by atoms with Gasteiger partial charge in [-0.25, -0.2) is 4.98 Å². The lowest BCUT2D eigenvalue weighted by molar-refractivity contribution is 0.752. The van der Waals surface area contributed by atoms with Crippen LogP contribution in [0.25, 0.3) is 22.0 Å². The summed E-state index contributed by atoms with van der Waals surface area (Å²) in [6, 6.07) is 6.33. The maximum Gasteiger partial charge on any atom is 0.260 e. The molecule has 4 aromatic heterocycles. The van der Waals surface area contributed by atoms with Crippen LogP contribution in [0.2, 0.25) is 0 Å². The Balaban J connectivity index is 1.53. The van der Waals surface area contributed by atoms with Gasteiger partial charge in [0.15, 0.2) is 0 Å². The fraction of sp³-hybridized carbons (Fsp3) is 0.217. The molecule has 150 valence electrons. The van der Waals surface area contributed by atoms with Gasteiger partial charge in [-0.05, 0) is 42.8 Å². The van der Waals surface area contributed by atoms with Crippen LogP contribution in [0.3, 0.4) is 0 Å². The van der Waals surface area contributed by atoms with Crippen molar-refractivity contribution in [1.82, 2.24) is 18.9 Å². The van der Waals surface area contributed by atoms with Crippen LogP contribution in [0, 0.1) is 6.92 Å². The van der Waals surface area contributed by atoms with Gasteiger partial charge in [-0.2, -0.15) is 0 Å². The van der Waals surface area contributed by atoms with Gasteiger partial charge in [0.2, 0.25) is 0 Å². The van der Waals surface area contributed by atoms with Crippen LogP contribution in [0.5, 0.6) is 0 Å². The minimum absolute atomic E-state index is 0.106. The van der Waals surface area contributed by atoms with Crippen LogP contribution in [0.4, 0.5) is 0 Å². The largest absolute Gasteiger partial charge is 0.404 e. The van der Waals surface area contributed by atoms with Crippen molar-refractivity contribution in [3.8, 4) is 0 Å². The Kier molecular flexibility index (Phi) is 4.43. The Labute approximate surface area is 173 Å². The van der Waals surface area contributed by atoms with Crippen molar-refractivity contribution in [3.63, 3.8) is 0 Å². The number of aryl methyl sites for hydroxylation is 1. The van der Waals surface area contributed by atoms with Gasteiger partial charge < -0.3 is 14.7 Å². The van der Waals surface area contributed by atoms with E-state index >= 15 is 0 Å². The molecular weight excluding hydrogens is 376 g/mol. The molecule has 1 aliphatic rings. The van der Waals surface area contributed by atoms with Gasteiger partial charge in [0.25, 0.3) is 5.56 Å². The molecule has 0 spiro atoms. The second-order valence-electron chi connectivity index (χ2n) is 7.73. The van der Waals surface area contributed by atoms with Gasteiger partial charge in [-0.3, -0.25) is 14.8 Å². The summed E-state index contributed by atoms with van der Waals surface area (Å²) in [5.41, 5.74) is 10.2. The van der Waals surface area contributed by atoms with Gasteiger partial charge in [0.05, 0.1) is 23.7 Å². The third kappa shape index (κ3) is 3.39. The van der Waals surface area contributed by atoms with Crippen molar-refractivity contribution in [3.05, 3.63) is 82.6 Å². The third-order valence-corrected chi connectivity index (χ3v) is 5.34. The number of aromatic nitrogens is 4. The first-order chi connectivity index (χ1) is 14.6. The van der Waals surface area contributed by atoms with Gasteiger partial charge >= 0.3 is 0 Å². The summed E-state index contributed by atoms with van der Waals surface area (Å²) in [6.07, 6.45) is 14.7. The summed E-state index contributed by atoms with van der Waals surface area (Å²) in [6.45, 7) is 2.43. The number of pyridine rings is 3. The van der Waals surface area contributed by atoms with Gasteiger partial charge in [0, 0.05) is 54.5 Å². The number of allylic oxidation sites excluding steroid dienone is 1. The average Bonchev–Trinajstić information content (AvgIpc) is 3.49. The molecule has 7 heteroatoms. The number of nitrogens with two attached hydrogens (primary N) is 1. The van der Waals surface area contributed by atoms with Crippen LogP contribution in [-0.4, -0.2) is 31.2 Å². The molecule has 0 radical (unpaired) electrons. The van der Waals surface area contributed by atoms with Gasteiger partial charge in [-0.15, -0.1) is 0 Å². The van der Waals surface area contributed by atoms with Crippen LogP contribution in [0.1, 0.15) is 29.7 Å². The zero-order valence-corrected chi connectivity index (χ0v) is 16.7. The lowest BCUT2D eigenvalue weighted by atomic mass is 10.0. The van der Waals surface area contributed by atoms with Crippen molar-refractivity contribution in [2.24, 2.45) is 10.7 Å². The van der Waals surface area contributed by atoms with Crippen LogP contribution < -0.4 is 11.3 Å². The zero-order valence-electron chi connectivity index (χ0n) is 16.7. The molecule has 0 atom stereocenters. The monoisotopic (exact) mass is 398 g/mol. The molecule has 1 aliphatic carbocycles. The number of hydrogen-bond acceptors (Lipinski definition) is 5. The maximum atomic E-state index is 13.1. The van der Waals surface area contributed by atoms with Crippen molar-refractivity contribution in [2.45, 2.75) is 32.4 Å².